The zero-order chi connectivity index (χ0) is 8.27. The minimum Gasteiger partial charge on any atom is -0.377 e. The highest BCUT2D eigenvalue weighted by Gasteiger charge is 2.02. The fourth-order valence-electron chi connectivity index (χ4n) is 1.04. The van der Waals surface area contributed by atoms with Crippen LogP contribution in [0.5, 0.6) is 0 Å². The Labute approximate surface area is 68.8 Å². The van der Waals surface area contributed by atoms with E-state index in [0.29, 0.717) is 0 Å². The molecule has 0 bridgehead atoms. The Morgan fingerprint density at radius 2 is 2.36 bits per heavy atom. The molecule has 0 saturated carbocycles. The maximum atomic E-state index is 2.24. The van der Waals surface area contributed by atoms with Crippen molar-refractivity contribution >= 4 is 0 Å². The molecule has 0 N–H and O–H groups in total. The maximum Gasteiger partial charge on any atom is 0.0373 e. The van der Waals surface area contributed by atoms with E-state index in [2.05, 4.69) is 49.2 Å². The molecule has 0 saturated heterocycles. The minimum atomic E-state index is 1.02. The maximum absolute atomic E-state index is 2.24. The number of allylic oxidation sites excluding steroid dienone is 1. The van der Waals surface area contributed by atoms with Crippen molar-refractivity contribution in [2.24, 2.45) is 0 Å². The van der Waals surface area contributed by atoms with Crippen molar-refractivity contribution in [1.82, 2.24) is 9.80 Å². The smallest absolute Gasteiger partial charge is 0.0373 e. The minimum absolute atomic E-state index is 1.02. The van der Waals surface area contributed by atoms with Crippen molar-refractivity contribution < 1.29 is 0 Å². The van der Waals surface area contributed by atoms with Gasteiger partial charge in [-0.25, -0.2) is 0 Å². The summed E-state index contributed by atoms with van der Waals surface area (Å²) in [6, 6.07) is 0. The Bertz CT molecular complexity index is 182. The molecular weight excluding hydrogens is 136 g/mol. The molecule has 0 fully saturated rings. The average molecular weight is 152 g/mol. The monoisotopic (exact) mass is 152 g/mol. The van der Waals surface area contributed by atoms with Gasteiger partial charge in [-0.1, -0.05) is 0 Å². The molecule has 1 aliphatic rings. The van der Waals surface area contributed by atoms with Crippen LogP contribution in [0, 0.1) is 0 Å². The molecule has 2 heteroatoms. The van der Waals surface area contributed by atoms with Gasteiger partial charge in [0.2, 0.25) is 0 Å². The zero-order valence-electron chi connectivity index (χ0n) is 7.54. The van der Waals surface area contributed by atoms with Gasteiger partial charge in [0.25, 0.3) is 0 Å². The van der Waals surface area contributed by atoms with Gasteiger partial charge in [0, 0.05) is 39.1 Å². The van der Waals surface area contributed by atoms with Crippen LogP contribution in [0.15, 0.2) is 24.0 Å². The third kappa shape index (κ3) is 2.00. The van der Waals surface area contributed by atoms with E-state index in [1.54, 1.807) is 0 Å². The second-order valence-corrected chi connectivity index (χ2v) is 2.90. The summed E-state index contributed by atoms with van der Waals surface area (Å²) in [5, 5.41) is 0. The lowest BCUT2D eigenvalue weighted by Gasteiger charge is -2.23. The van der Waals surface area contributed by atoms with Gasteiger partial charge in [-0.3, -0.25) is 0 Å². The quantitative estimate of drug-likeness (QED) is 0.588. The number of hydrogen-bond acceptors (Lipinski definition) is 2. The molecule has 0 aromatic heterocycles. The summed E-state index contributed by atoms with van der Waals surface area (Å²) in [5.41, 5.74) is 1.32. The Morgan fingerprint density at radius 1 is 1.64 bits per heavy atom. The molecule has 0 amide bonds. The van der Waals surface area contributed by atoms with Crippen LogP contribution in [0.25, 0.3) is 0 Å². The van der Waals surface area contributed by atoms with E-state index < -0.39 is 0 Å². The highest BCUT2D eigenvalue weighted by Crippen LogP contribution is 2.08. The van der Waals surface area contributed by atoms with E-state index in [1.165, 1.54) is 5.70 Å². The first-order valence-electron chi connectivity index (χ1n) is 4.03. The van der Waals surface area contributed by atoms with Gasteiger partial charge in [0.05, 0.1) is 0 Å². The standard InChI is InChI=1S/C9H16N2/c1-4-11(3)9-5-7-10(2)8-6-9/h5-7H,4,8H2,1-3H3. The van der Waals surface area contributed by atoms with Crippen LogP contribution in [0.3, 0.4) is 0 Å². The van der Waals surface area contributed by atoms with Gasteiger partial charge >= 0.3 is 0 Å². The predicted octanol–water partition coefficient (Wildman–Crippen LogP) is 1.28. The van der Waals surface area contributed by atoms with E-state index in [-0.39, 0.29) is 0 Å². The predicted molar refractivity (Wildman–Crippen MR) is 48.2 cm³/mol. The zero-order valence-corrected chi connectivity index (χ0v) is 7.54. The Balaban J connectivity index is 2.55. The second kappa shape index (κ2) is 3.46. The summed E-state index contributed by atoms with van der Waals surface area (Å²) in [7, 11) is 4.19. The lowest BCUT2D eigenvalue weighted by atomic mass is 10.3. The van der Waals surface area contributed by atoms with Gasteiger partial charge in [-0.2, -0.15) is 0 Å². The van der Waals surface area contributed by atoms with E-state index in [0.717, 1.165) is 13.1 Å². The number of rotatable bonds is 2. The fraction of sp³-hybridized carbons (Fsp3) is 0.556. The van der Waals surface area contributed by atoms with Crippen molar-refractivity contribution in [2.45, 2.75) is 6.92 Å². The second-order valence-electron chi connectivity index (χ2n) is 2.90. The lowest BCUT2D eigenvalue weighted by Crippen LogP contribution is -2.21. The first-order valence-corrected chi connectivity index (χ1v) is 4.03. The third-order valence-corrected chi connectivity index (χ3v) is 2.00. The molecular formula is C9H16N2. The highest BCUT2D eigenvalue weighted by molar-refractivity contribution is 5.20. The molecule has 11 heavy (non-hydrogen) atoms. The molecule has 0 aliphatic carbocycles. The van der Waals surface area contributed by atoms with Gasteiger partial charge in [-0.15, -0.1) is 0 Å². The molecule has 0 unspecified atom stereocenters. The van der Waals surface area contributed by atoms with Crippen molar-refractivity contribution in [1.29, 1.82) is 0 Å². The first kappa shape index (κ1) is 8.18. The Hall–Kier alpha value is -0.920. The first-order chi connectivity index (χ1) is 5.24. The summed E-state index contributed by atoms with van der Waals surface area (Å²) in [6.07, 6.45) is 6.50. The van der Waals surface area contributed by atoms with Crippen molar-refractivity contribution in [3.05, 3.63) is 24.0 Å². The van der Waals surface area contributed by atoms with Crippen LogP contribution >= 0.6 is 0 Å². The Morgan fingerprint density at radius 3 is 2.82 bits per heavy atom. The van der Waals surface area contributed by atoms with Crippen molar-refractivity contribution in [3.8, 4) is 0 Å². The molecule has 62 valence electrons. The topological polar surface area (TPSA) is 6.48 Å². The van der Waals surface area contributed by atoms with Crippen LogP contribution in [0.4, 0.5) is 0 Å². The summed E-state index contributed by atoms with van der Waals surface area (Å²) < 4.78 is 0. The normalized spacial score (nSPS) is 16.6. The molecule has 0 atom stereocenters. The van der Waals surface area contributed by atoms with Crippen LogP contribution in [0.1, 0.15) is 6.92 Å². The van der Waals surface area contributed by atoms with Crippen LogP contribution in [0.2, 0.25) is 0 Å². The molecule has 1 rings (SSSR count). The molecule has 0 radical (unpaired) electrons. The highest BCUT2D eigenvalue weighted by atomic mass is 15.1. The fourth-order valence-corrected chi connectivity index (χ4v) is 1.04. The summed E-state index contributed by atoms with van der Waals surface area (Å²) >= 11 is 0. The summed E-state index contributed by atoms with van der Waals surface area (Å²) in [5.74, 6) is 0. The largest absolute Gasteiger partial charge is 0.377 e. The molecule has 1 aliphatic heterocycles. The molecule has 1 heterocycles. The molecule has 0 aromatic rings. The van der Waals surface area contributed by atoms with Gasteiger partial charge in [0.15, 0.2) is 0 Å². The lowest BCUT2D eigenvalue weighted by molar-refractivity contribution is 0.429. The van der Waals surface area contributed by atoms with Gasteiger partial charge in [-0.05, 0) is 19.1 Å². The Kier molecular flexibility index (Phi) is 2.58. The van der Waals surface area contributed by atoms with Crippen molar-refractivity contribution in [3.63, 3.8) is 0 Å². The summed E-state index contributed by atoms with van der Waals surface area (Å²) in [6.45, 7) is 4.25. The van der Waals surface area contributed by atoms with E-state index in [1.807, 2.05) is 0 Å². The van der Waals surface area contributed by atoms with Gasteiger partial charge < -0.3 is 9.80 Å². The van der Waals surface area contributed by atoms with E-state index in [9.17, 15) is 0 Å². The van der Waals surface area contributed by atoms with Crippen LogP contribution in [-0.2, 0) is 0 Å². The molecule has 2 nitrogen and oxygen atoms in total. The summed E-state index contributed by atoms with van der Waals surface area (Å²) in [4.78, 5) is 4.40. The van der Waals surface area contributed by atoms with E-state index >= 15 is 0 Å². The molecule has 0 aromatic carbocycles. The van der Waals surface area contributed by atoms with Crippen molar-refractivity contribution in [2.75, 3.05) is 27.2 Å². The number of nitrogens with zero attached hydrogens (tertiary/aromatic N) is 2. The van der Waals surface area contributed by atoms with Gasteiger partial charge in [0.1, 0.15) is 0 Å². The number of hydrogen-bond donors (Lipinski definition) is 0. The third-order valence-electron chi connectivity index (χ3n) is 2.00. The molecule has 0 spiro atoms. The average Bonchev–Trinajstić information content (AvgIpc) is 2.05. The number of likely N-dealkylation sites (N-methyl/N-ethyl adjacent to an activating group) is 2. The van der Waals surface area contributed by atoms with E-state index in [4.69, 9.17) is 0 Å². The van der Waals surface area contributed by atoms with Crippen LogP contribution in [-0.4, -0.2) is 37.0 Å². The van der Waals surface area contributed by atoms with Crippen LogP contribution < -0.4 is 0 Å². The SMILES string of the molecule is CCN(C)C1=CCN(C)C=C1.